The standard InChI is InChI=1S/C45H41F5N2O6S/c46-38-39(47)41(49)43(42(50)40(38)48)59(55,56)51-23-22-34(26-51)44(53)52(25-29-16-18-33(19-17-29)32-14-8-3-9-15-32)35-20-21-36(45(54)58-28-31-12-6-2-7-13-31)37(24-35)57-27-30-10-4-1-5-11-30/h1-2,4-7,10-13,16-21,24,32,34H,3,8-9,14-15,22-23,25-28H2. The zero-order valence-corrected chi connectivity index (χ0v) is 32.7. The Morgan fingerprint density at radius 3 is 1.90 bits per heavy atom. The fraction of sp³-hybridized carbons (Fsp3) is 0.289. The number of amides is 1. The van der Waals surface area contributed by atoms with Crippen LogP contribution in [-0.4, -0.2) is 37.7 Å². The lowest BCUT2D eigenvalue weighted by Gasteiger charge is -2.27. The van der Waals surface area contributed by atoms with Crippen LogP contribution in [0.3, 0.4) is 0 Å². The summed E-state index contributed by atoms with van der Waals surface area (Å²) in [6, 6.07) is 30.7. The molecule has 1 saturated carbocycles. The zero-order chi connectivity index (χ0) is 41.7. The topological polar surface area (TPSA) is 93.2 Å². The molecule has 2 fully saturated rings. The van der Waals surface area contributed by atoms with Crippen LogP contribution in [0.5, 0.6) is 5.75 Å². The van der Waals surface area contributed by atoms with Crippen molar-refractivity contribution >= 4 is 27.6 Å². The molecule has 14 heteroatoms. The average Bonchev–Trinajstić information content (AvgIpc) is 3.78. The van der Waals surface area contributed by atoms with Gasteiger partial charge >= 0.3 is 5.97 Å². The van der Waals surface area contributed by atoms with Crippen LogP contribution >= 0.6 is 0 Å². The van der Waals surface area contributed by atoms with Crippen molar-refractivity contribution in [3.05, 3.63) is 160 Å². The SMILES string of the molecule is O=C(OCc1ccccc1)c1ccc(N(Cc2ccc(C3CCCCC3)cc2)C(=O)C2CCN(S(=O)(=O)c3c(F)c(F)c(F)c(F)c3F)C2)cc1OCc1ccccc1. The Balaban J connectivity index is 1.21. The van der Waals surface area contributed by atoms with Gasteiger partial charge < -0.3 is 14.4 Å². The van der Waals surface area contributed by atoms with Gasteiger partial charge in [0.2, 0.25) is 21.7 Å². The highest BCUT2D eigenvalue weighted by Gasteiger charge is 2.42. The Bertz CT molecular complexity index is 2380. The van der Waals surface area contributed by atoms with E-state index < -0.39 is 74.9 Å². The first-order valence-corrected chi connectivity index (χ1v) is 20.8. The summed E-state index contributed by atoms with van der Waals surface area (Å²) in [7, 11) is -5.28. The number of nitrogens with zero attached hydrogens (tertiary/aromatic N) is 2. The van der Waals surface area contributed by atoms with Gasteiger partial charge in [-0.25, -0.2) is 35.2 Å². The van der Waals surface area contributed by atoms with Gasteiger partial charge in [0.25, 0.3) is 0 Å². The number of hydrogen-bond acceptors (Lipinski definition) is 6. The molecule has 5 aromatic rings. The molecule has 0 bridgehead atoms. The first-order valence-electron chi connectivity index (χ1n) is 19.4. The number of carbonyl (C=O) groups is 2. The molecule has 1 saturated heterocycles. The molecule has 0 N–H and O–H groups in total. The average molecular weight is 833 g/mol. The van der Waals surface area contributed by atoms with Crippen LogP contribution < -0.4 is 9.64 Å². The van der Waals surface area contributed by atoms with E-state index in [1.54, 1.807) is 6.07 Å². The molecule has 1 aliphatic carbocycles. The molecule has 0 radical (unpaired) electrons. The van der Waals surface area contributed by atoms with Crippen molar-refractivity contribution < 1.29 is 49.4 Å². The molecule has 308 valence electrons. The number of esters is 1. The second kappa shape index (κ2) is 18.1. The van der Waals surface area contributed by atoms with Crippen LogP contribution in [0.4, 0.5) is 27.6 Å². The smallest absolute Gasteiger partial charge is 0.342 e. The molecular weight excluding hydrogens is 792 g/mol. The van der Waals surface area contributed by atoms with Gasteiger partial charge in [-0.3, -0.25) is 4.79 Å². The summed E-state index contributed by atoms with van der Waals surface area (Å²) in [4.78, 5) is 27.5. The van der Waals surface area contributed by atoms with Crippen LogP contribution in [0.25, 0.3) is 0 Å². The third-order valence-electron chi connectivity index (χ3n) is 10.9. The first kappa shape index (κ1) is 41.6. The second-order valence-electron chi connectivity index (χ2n) is 14.8. The predicted octanol–water partition coefficient (Wildman–Crippen LogP) is 9.61. The van der Waals surface area contributed by atoms with Gasteiger partial charge in [0.05, 0.1) is 12.5 Å². The molecule has 2 aliphatic rings. The summed E-state index contributed by atoms with van der Waals surface area (Å²) < 4.78 is 111. The number of sulfonamides is 1. The Morgan fingerprint density at radius 2 is 1.27 bits per heavy atom. The van der Waals surface area contributed by atoms with E-state index >= 15 is 0 Å². The quantitative estimate of drug-likeness (QED) is 0.0508. The Morgan fingerprint density at radius 1 is 0.678 bits per heavy atom. The number of halogens is 5. The highest BCUT2D eigenvalue weighted by atomic mass is 32.2. The summed E-state index contributed by atoms with van der Waals surface area (Å²) in [5.74, 6) is -14.1. The van der Waals surface area contributed by atoms with Gasteiger partial charge in [-0.15, -0.1) is 0 Å². The highest BCUT2D eigenvalue weighted by Crippen LogP contribution is 2.36. The molecule has 1 atom stereocenters. The molecule has 1 heterocycles. The maximum Gasteiger partial charge on any atom is 0.342 e. The van der Waals surface area contributed by atoms with E-state index in [4.69, 9.17) is 9.47 Å². The van der Waals surface area contributed by atoms with Crippen LogP contribution in [0.2, 0.25) is 0 Å². The third kappa shape index (κ3) is 9.18. The van der Waals surface area contributed by atoms with E-state index in [-0.39, 0.29) is 43.2 Å². The van der Waals surface area contributed by atoms with E-state index in [9.17, 15) is 40.0 Å². The summed E-state index contributed by atoms with van der Waals surface area (Å²) >= 11 is 0. The molecule has 0 aromatic heterocycles. The van der Waals surface area contributed by atoms with Gasteiger partial charge in [-0.2, -0.15) is 4.31 Å². The van der Waals surface area contributed by atoms with Gasteiger partial charge in [0.1, 0.15) is 24.5 Å². The molecule has 7 rings (SSSR count). The molecule has 59 heavy (non-hydrogen) atoms. The predicted molar refractivity (Wildman–Crippen MR) is 209 cm³/mol. The van der Waals surface area contributed by atoms with Gasteiger partial charge in [-0.05, 0) is 59.6 Å². The molecule has 5 aromatic carbocycles. The second-order valence-corrected chi connectivity index (χ2v) is 16.6. The maximum atomic E-state index is 14.7. The summed E-state index contributed by atoms with van der Waals surface area (Å²) in [5, 5.41) is 0. The van der Waals surface area contributed by atoms with E-state index in [2.05, 4.69) is 0 Å². The fourth-order valence-corrected chi connectivity index (χ4v) is 9.23. The van der Waals surface area contributed by atoms with Crippen LogP contribution in [0.15, 0.2) is 108 Å². The van der Waals surface area contributed by atoms with Crippen molar-refractivity contribution in [2.24, 2.45) is 5.92 Å². The summed E-state index contributed by atoms with van der Waals surface area (Å²) in [5.41, 5.74) is 3.86. The fourth-order valence-electron chi connectivity index (χ4n) is 7.62. The molecule has 0 spiro atoms. The zero-order valence-electron chi connectivity index (χ0n) is 31.9. The van der Waals surface area contributed by atoms with Crippen molar-refractivity contribution in [2.75, 3.05) is 18.0 Å². The summed E-state index contributed by atoms with van der Waals surface area (Å²) in [6.07, 6.45) is 5.55. The van der Waals surface area contributed by atoms with Crippen molar-refractivity contribution in [3.8, 4) is 5.75 Å². The minimum absolute atomic E-state index is 0.000592. The number of ether oxygens (including phenoxy) is 2. The number of hydrogen-bond donors (Lipinski definition) is 0. The number of benzene rings is 5. The van der Waals surface area contributed by atoms with Gasteiger partial charge in [0.15, 0.2) is 28.2 Å². The molecule has 1 amide bonds. The number of anilines is 1. The normalized spacial score (nSPS) is 16.2. The van der Waals surface area contributed by atoms with Crippen LogP contribution in [0.1, 0.15) is 77.1 Å². The van der Waals surface area contributed by atoms with E-state index in [1.165, 1.54) is 29.0 Å². The van der Waals surface area contributed by atoms with Crippen LogP contribution in [0, 0.1) is 35.0 Å². The van der Waals surface area contributed by atoms with Gasteiger partial charge in [0, 0.05) is 24.8 Å². The molecule has 1 unspecified atom stereocenters. The van der Waals surface area contributed by atoms with Crippen LogP contribution in [-0.2, 0) is 39.3 Å². The Labute approximate surface area is 339 Å². The lowest BCUT2D eigenvalue weighted by Crippen LogP contribution is -2.38. The molecular formula is C45H41F5N2O6S. The maximum absolute atomic E-state index is 14.7. The third-order valence-corrected chi connectivity index (χ3v) is 12.8. The first-order chi connectivity index (χ1) is 28.4. The van der Waals surface area contributed by atoms with E-state index in [0.29, 0.717) is 10.2 Å². The van der Waals surface area contributed by atoms with Crippen molar-refractivity contribution in [2.45, 2.75) is 69.1 Å². The van der Waals surface area contributed by atoms with Crippen molar-refractivity contribution in [1.29, 1.82) is 0 Å². The number of rotatable bonds is 13. The van der Waals surface area contributed by atoms with E-state index in [0.717, 1.165) is 42.4 Å². The number of carbonyl (C=O) groups excluding carboxylic acids is 2. The molecule has 1 aliphatic heterocycles. The monoisotopic (exact) mass is 832 g/mol. The Hall–Kier alpha value is -5.60. The van der Waals surface area contributed by atoms with Crippen molar-refractivity contribution in [3.63, 3.8) is 0 Å². The highest BCUT2D eigenvalue weighted by molar-refractivity contribution is 7.89. The summed E-state index contributed by atoms with van der Waals surface area (Å²) in [6.45, 7) is -0.973. The van der Waals surface area contributed by atoms with E-state index in [1.807, 2.05) is 84.9 Å². The molecule has 8 nitrogen and oxygen atoms in total. The minimum Gasteiger partial charge on any atom is -0.488 e. The van der Waals surface area contributed by atoms with Gasteiger partial charge in [-0.1, -0.05) is 104 Å². The lowest BCUT2D eigenvalue weighted by molar-refractivity contribution is -0.122. The Kier molecular flexibility index (Phi) is 12.8. The largest absolute Gasteiger partial charge is 0.488 e. The van der Waals surface area contributed by atoms with Crippen molar-refractivity contribution in [1.82, 2.24) is 4.31 Å². The minimum atomic E-state index is -5.28. The lowest BCUT2D eigenvalue weighted by atomic mass is 9.84.